The molecule has 0 atom stereocenters. The molecule has 7 heteroatoms. The van der Waals surface area contributed by atoms with Crippen LogP contribution in [0.1, 0.15) is 44.2 Å². The monoisotopic (exact) mass is 452 g/mol. The van der Waals surface area contributed by atoms with E-state index in [0.29, 0.717) is 5.92 Å². The lowest BCUT2D eigenvalue weighted by Gasteiger charge is -2.11. The maximum Gasteiger partial charge on any atom is 0.191 e. The summed E-state index contributed by atoms with van der Waals surface area (Å²) in [5.74, 6) is 2.33. The van der Waals surface area contributed by atoms with Crippen LogP contribution in [0.3, 0.4) is 0 Å². The fraction of sp³-hybridized carbons (Fsp3) is 0.765. The van der Waals surface area contributed by atoms with Gasteiger partial charge in [0.25, 0.3) is 0 Å². The highest BCUT2D eigenvalue weighted by Gasteiger charge is 2.08. The summed E-state index contributed by atoms with van der Waals surface area (Å²) < 4.78 is 10.7. The molecule has 1 rings (SSSR count). The van der Waals surface area contributed by atoms with Gasteiger partial charge in [-0.1, -0.05) is 19.0 Å². The Labute approximate surface area is 163 Å². The van der Waals surface area contributed by atoms with Gasteiger partial charge in [0.2, 0.25) is 0 Å². The van der Waals surface area contributed by atoms with Gasteiger partial charge in [-0.15, -0.1) is 24.0 Å². The lowest BCUT2D eigenvalue weighted by Crippen LogP contribution is -2.38. The minimum atomic E-state index is 0. The summed E-state index contributed by atoms with van der Waals surface area (Å²) in [6, 6.07) is 0. The highest BCUT2D eigenvalue weighted by atomic mass is 127. The third-order valence-electron chi connectivity index (χ3n) is 3.36. The minimum absolute atomic E-state index is 0. The zero-order valence-corrected chi connectivity index (χ0v) is 18.0. The first-order valence-corrected chi connectivity index (χ1v) is 8.56. The summed E-state index contributed by atoms with van der Waals surface area (Å²) >= 11 is 0. The van der Waals surface area contributed by atoms with E-state index in [9.17, 15) is 0 Å². The largest absolute Gasteiger partial charge is 0.381 e. The van der Waals surface area contributed by atoms with Gasteiger partial charge >= 0.3 is 0 Å². The summed E-state index contributed by atoms with van der Waals surface area (Å²) in [5, 5.41) is 10.6. The van der Waals surface area contributed by atoms with Crippen LogP contribution in [0.2, 0.25) is 0 Å². The maximum absolute atomic E-state index is 5.57. The van der Waals surface area contributed by atoms with Gasteiger partial charge in [-0.3, -0.25) is 4.99 Å². The van der Waals surface area contributed by atoms with Crippen molar-refractivity contribution in [3.63, 3.8) is 0 Å². The van der Waals surface area contributed by atoms with Crippen molar-refractivity contribution in [3.05, 3.63) is 17.0 Å². The minimum Gasteiger partial charge on any atom is -0.381 e. The van der Waals surface area contributed by atoms with E-state index in [0.717, 1.165) is 63.1 Å². The van der Waals surface area contributed by atoms with E-state index in [1.54, 1.807) is 0 Å². The molecule has 1 aromatic rings. The SMILES string of the molecule is CCNC(=NCCCOCC(C)C)NCCc1c(C)noc1C.I. The Kier molecular flexibility index (Phi) is 13.0. The molecule has 0 spiro atoms. The standard InChI is InChI=1S/C17H32N4O2.HI/c1-6-18-17(19-9-7-11-22-12-13(2)3)20-10-8-16-14(4)21-23-15(16)5;/h13H,6-12H2,1-5H3,(H2,18,19,20);1H. The molecule has 0 bridgehead atoms. The fourth-order valence-electron chi connectivity index (χ4n) is 2.18. The molecule has 24 heavy (non-hydrogen) atoms. The van der Waals surface area contributed by atoms with Crippen molar-refractivity contribution in [1.29, 1.82) is 0 Å². The first kappa shape index (κ1) is 23.2. The number of nitrogens with zero attached hydrogens (tertiary/aromatic N) is 2. The van der Waals surface area contributed by atoms with Crippen molar-refractivity contribution in [2.45, 2.75) is 47.5 Å². The molecule has 0 aliphatic carbocycles. The maximum atomic E-state index is 5.57. The molecule has 1 aromatic heterocycles. The van der Waals surface area contributed by atoms with Gasteiger partial charge in [0, 0.05) is 38.4 Å². The third kappa shape index (κ3) is 9.46. The van der Waals surface area contributed by atoms with Gasteiger partial charge in [0.05, 0.1) is 5.69 Å². The second kappa shape index (κ2) is 13.5. The van der Waals surface area contributed by atoms with E-state index in [1.807, 2.05) is 13.8 Å². The Hall–Kier alpha value is -0.830. The molecule has 6 nitrogen and oxygen atoms in total. The number of halogens is 1. The summed E-state index contributed by atoms with van der Waals surface area (Å²) in [7, 11) is 0. The smallest absolute Gasteiger partial charge is 0.191 e. The Morgan fingerprint density at radius 3 is 2.62 bits per heavy atom. The zero-order chi connectivity index (χ0) is 17.1. The van der Waals surface area contributed by atoms with Crippen molar-refractivity contribution in [3.8, 4) is 0 Å². The predicted octanol–water partition coefficient (Wildman–Crippen LogP) is 3.07. The van der Waals surface area contributed by atoms with Crippen molar-refractivity contribution >= 4 is 29.9 Å². The van der Waals surface area contributed by atoms with Crippen LogP contribution < -0.4 is 10.6 Å². The summed E-state index contributed by atoms with van der Waals surface area (Å²) in [5.41, 5.74) is 2.14. The zero-order valence-electron chi connectivity index (χ0n) is 15.6. The lowest BCUT2D eigenvalue weighted by atomic mass is 10.1. The quantitative estimate of drug-likeness (QED) is 0.247. The van der Waals surface area contributed by atoms with E-state index < -0.39 is 0 Å². The van der Waals surface area contributed by atoms with E-state index >= 15 is 0 Å². The first-order valence-electron chi connectivity index (χ1n) is 8.56. The Balaban J connectivity index is 0.00000529. The Morgan fingerprint density at radius 2 is 2.04 bits per heavy atom. The number of ether oxygens (including phenoxy) is 1. The fourth-order valence-corrected chi connectivity index (χ4v) is 2.18. The molecule has 0 aliphatic heterocycles. The molecule has 0 saturated heterocycles. The van der Waals surface area contributed by atoms with Crippen molar-refractivity contribution in [2.24, 2.45) is 10.9 Å². The molecule has 0 fully saturated rings. The molecule has 0 amide bonds. The number of hydrogen-bond donors (Lipinski definition) is 2. The van der Waals surface area contributed by atoms with Gasteiger partial charge in [-0.25, -0.2) is 0 Å². The summed E-state index contributed by atoms with van der Waals surface area (Å²) in [4.78, 5) is 4.57. The van der Waals surface area contributed by atoms with E-state index in [2.05, 4.69) is 41.6 Å². The van der Waals surface area contributed by atoms with Crippen LogP contribution in [0.25, 0.3) is 0 Å². The number of guanidine groups is 1. The van der Waals surface area contributed by atoms with Crippen LogP contribution >= 0.6 is 24.0 Å². The number of aryl methyl sites for hydroxylation is 2. The molecule has 2 N–H and O–H groups in total. The van der Waals surface area contributed by atoms with Gasteiger partial charge in [0.15, 0.2) is 5.96 Å². The topological polar surface area (TPSA) is 71.7 Å². The Bertz CT molecular complexity index is 456. The summed E-state index contributed by atoms with van der Waals surface area (Å²) in [6.07, 6.45) is 1.82. The molecule has 0 radical (unpaired) electrons. The highest BCUT2D eigenvalue weighted by molar-refractivity contribution is 14.0. The number of aliphatic imine (C=N–C) groups is 1. The van der Waals surface area contributed by atoms with E-state index in [1.165, 1.54) is 5.56 Å². The molecule has 0 saturated carbocycles. The molecular weight excluding hydrogens is 419 g/mol. The van der Waals surface area contributed by atoms with Crippen molar-refractivity contribution in [1.82, 2.24) is 15.8 Å². The number of rotatable bonds is 10. The number of hydrogen-bond acceptors (Lipinski definition) is 4. The van der Waals surface area contributed by atoms with Gasteiger partial charge in [0.1, 0.15) is 5.76 Å². The van der Waals surface area contributed by atoms with Crippen LogP contribution in [0.5, 0.6) is 0 Å². The second-order valence-electron chi connectivity index (χ2n) is 6.06. The molecular formula is C17H33IN4O2. The normalized spacial score (nSPS) is 11.5. The van der Waals surface area contributed by atoms with Crippen molar-refractivity contribution in [2.75, 3.05) is 32.8 Å². The van der Waals surface area contributed by atoms with Crippen LogP contribution in [-0.4, -0.2) is 44.0 Å². The number of aromatic nitrogens is 1. The van der Waals surface area contributed by atoms with Crippen LogP contribution in [-0.2, 0) is 11.2 Å². The average Bonchev–Trinajstić information content (AvgIpc) is 2.82. The first-order chi connectivity index (χ1) is 11.0. The van der Waals surface area contributed by atoms with Gasteiger partial charge in [-0.2, -0.15) is 0 Å². The third-order valence-corrected chi connectivity index (χ3v) is 3.36. The van der Waals surface area contributed by atoms with Crippen LogP contribution in [0, 0.1) is 19.8 Å². The van der Waals surface area contributed by atoms with Crippen LogP contribution in [0.15, 0.2) is 9.52 Å². The molecule has 1 heterocycles. The average molecular weight is 452 g/mol. The van der Waals surface area contributed by atoms with Crippen LogP contribution in [0.4, 0.5) is 0 Å². The van der Waals surface area contributed by atoms with E-state index in [-0.39, 0.29) is 24.0 Å². The second-order valence-corrected chi connectivity index (χ2v) is 6.06. The summed E-state index contributed by atoms with van der Waals surface area (Å²) in [6.45, 7) is 14.3. The number of nitrogens with one attached hydrogen (secondary N) is 2. The highest BCUT2D eigenvalue weighted by Crippen LogP contribution is 2.11. The van der Waals surface area contributed by atoms with E-state index in [4.69, 9.17) is 9.26 Å². The molecule has 0 aliphatic rings. The molecule has 0 unspecified atom stereocenters. The van der Waals surface area contributed by atoms with Gasteiger partial charge in [-0.05, 0) is 39.5 Å². The lowest BCUT2D eigenvalue weighted by molar-refractivity contribution is 0.109. The molecule has 140 valence electrons. The predicted molar refractivity (Wildman–Crippen MR) is 109 cm³/mol. The Morgan fingerprint density at radius 1 is 1.29 bits per heavy atom. The van der Waals surface area contributed by atoms with Crippen molar-refractivity contribution < 1.29 is 9.26 Å². The molecule has 0 aromatic carbocycles. The van der Waals surface area contributed by atoms with Gasteiger partial charge < -0.3 is 19.9 Å².